The van der Waals surface area contributed by atoms with Crippen LogP contribution in [-0.2, 0) is 0 Å². The highest BCUT2D eigenvalue weighted by atomic mass is 19.1. The van der Waals surface area contributed by atoms with Crippen molar-refractivity contribution in [2.24, 2.45) is 0 Å². The van der Waals surface area contributed by atoms with Crippen LogP contribution in [0.15, 0.2) is 18.2 Å². The highest BCUT2D eigenvalue weighted by Gasteiger charge is 2.21. The number of halogens is 1. The van der Waals surface area contributed by atoms with Gasteiger partial charge in [-0.1, -0.05) is 19.3 Å². The third-order valence-corrected chi connectivity index (χ3v) is 4.49. The zero-order chi connectivity index (χ0) is 17.8. The molecule has 1 aromatic heterocycles. The van der Waals surface area contributed by atoms with Crippen LogP contribution in [0.1, 0.15) is 32.1 Å². The Kier molecular flexibility index (Phi) is 5.16. The molecule has 0 unspecified atom stereocenters. The summed E-state index contributed by atoms with van der Waals surface area (Å²) >= 11 is 0. The predicted molar refractivity (Wildman–Crippen MR) is 95.8 cm³/mol. The quantitative estimate of drug-likeness (QED) is 0.860. The van der Waals surface area contributed by atoms with Gasteiger partial charge in [0.15, 0.2) is 11.6 Å². The smallest absolute Gasteiger partial charge is 0.233 e. The van der Waals surface area contributed by atoms with E-state index < -0.39 is 5.82 Å². The normalized spacial score (nSPS) is 15.0. The molecule has 3 N–H and O–H groups in total. The fourth-order valence-electron chi connectivity index (χ4n) is 3.10. The van der Waals surface area contributed by atoms with Crippen LogP contribution in [0.4, 0.5) is 27.9 Å². The molecule has 7 nitrogen and oxygen atoms in total. The van der Waals surface area contributed by atoms with Crippen molar-refractivity contribution in [1.82, 2.24) is 15.0 Å². The lowest BCUT2D eigenvalue weighted by Crippen LogP contribution is -2.34. The first-order valence-electron chi connectivity index (χ1n) is 8.42. The minimum absolute atomic E-state index is 0.129. The molecule has 25 heavy (non-hydrogen) atoms. The lowest BCUT2D eigenvalue weighted by molar-refractivity contribution is 0.386. The molecular weight excluding hydrogens is 323 g/mol. The van der Waals surface area contributed by atoms with Crippen LogP contribution in [0, 0.1) is 5.82 Å². The van der Waals surface area contributed by atoms with Gasteiger partial charge in [-0.2, -0.15) is 15.0 Å². The van der Waals surface area contributed by atoms with E-state index in [4.69, 9.17) is 10.5 Å². The average Bonchev–Trinajstić information content (AvgIpc) is 2.61. The molecule has 1 aliphatic carbocycles. The number of anilines is 4. The summed E-state index contributed by atoms with van der Waals surface area (Å²) in [6, 6.07) is 4.95. The average molecular weight is 346 g/mol. The fourth-order valence-corrected chi connectivity index (χ4v) is 3.10. The number of aromatic nitrogens is 3. The van der Waals surface area contributed by atoms with Gasteiger partial charge in [-0.15, -0.1) is 0 Å². The number of ether oxygens (including phenoxy) is 1. The standard InChI is InChI=1S/C17H23FN6O/c1-24(12-6-4-3-5-7-12)17-22-15(19)21-16(23-17)20-11-8-9-14(25-2)13(18)10-11/h8-10,12H,3-7H2,1-2H3,(H3,19,20,21,22,23). The summed E-state index contributed by atoms with van der Waals surface area (Å²) in [5.74, 6) is 0.655. The van der Waals surface area contributed by atoms with Crippen LogP contribution in [-0.4, -0.2) is 35.2 Å². The zero-order valence-electron chi connectivity index (χ0n) is 14.5. The van der Waals surface area contributed by atoms with Crippen molar-refractivity contribution < 1.29 is 9.13 Å². The minimum Gasteiger partial charge on any atom is -0.494 e. The molecule has 1 heterocycles. The summed E-state index contributed by atoms with van der Waals surface area (Å²) in [6.07, 6.45) is 5.94. The van der Waals surface area contributed by atoms with E-state index in [1.165, 1.54) is 38.5 Å². The molecule has 3 rings (SSSR count). The molecule has 1 fully saturated rings. The molecule has 0 saturated heterocycles. The molecule has 134 valence electrons. The van der Waals surface area contributed by atoms with E-state index in [0.717, 1.165) is 12.8 Å². The van der Waals surface area contributed by atoms with E-state index in [1.54, 1.807) is 6.07 Å². The Hall–Kier alpha value is -2.64. The molecule has 2 aromatic rings. The highest BCUT2D eigenvalue weighted by Crippen LogP contribution is 2.26. The fraction of sp³-hybridized carbons (Fsp3) is 0.471. The molecule has 1 aliphatic rings. The predicted octanol–water partition coefficient (Wildman–Crippen LogP) is 3.11. The van der Waals surface area contributed by atoms with Gasteiger partial charge < -0.3 is 20.7 Å². The van der Waals surface area contributed by atoms with E-state index in [0.29, 0.717) is 17.7 Å². The summed E-state index contributed by atoms with van der Waals surface area (Å²) in [5.41, 5.74) is 6.34. The second-order valence-electron chi connectivity index (χ2n) is 6.19. The van der Waals surface area contributed by atoms with E-state index in [1.807, 2.05) is 7.05 Å². The summed E-state index contributed by atoms with van der Waals surface area (Å²) in [5, 5.41) is 2.97. The molecule has 0 amide bonds. The summed E-state index contributed by atoms with van der Waals surface area (Å²) in [6.45, 7) is 0. The van der Waals surface area contributed by atoms with Crippen LogP contribution < -0.4 is 20.7 Å². The number of benzene rings is 1. The number of nitrogens with zero attached hydrogens (tertiary/aromatic N) is 4. The number of methoxy groups -OCH3 is 1. The maximum absolute atomic E-state index is 13.8. The third kappa shape index (κ3) is 4.07. The Labute approximate surface area is 146 Å². The molecule has 0 atom stereocenters. The monoisotopic (exact) mass is 346 g/mol. The molecule has 1 aromatic carbocycles. The number of hydrogen-bond donors (Lipinski definition) is 2. The Morgan fingerprint density at radius 1 is 1.20 bits per heavy atom. The first-order chi connectivity index (χ1) is 12.1. The minimum atomic E-state index is -0.464. The van der Waals surface area contributed by atoms with E-state index in [9.17, 15) is 4.39 Å². The van der Waals surface area contributed by atoms with E-state index >= 15 is 0 Å². The first-order valence-corrected chi connectivity index (χ1v) is 8.42. The van der Waals surface area contributed by atoms with E-state index in [-0.39, 0.29) is 17.6 Å². The van der Waals surface area contributed by atoms with Gasteiger partial charge in [-0.3, -0.25) is 0 Å². The van der Waals surface area contributed by atoms with Crippen LogP contribution in [0.2, 0.25) is 0 Å². The SMILES string of the molecule is COc1ccc(Nc2nc(N)nc(N(C)C3CCCCC3)n2)cc1F. The largest absolute Gasteiger partial charge is 0.494 e. The second-order valence-corrected chi connectivity index (χ2v) is 6.19. The second kappa shape index (κ2) is 7.50. The maximum atomic E-state index is 13.8. The highest BCUT2D eigenvalue weighted by molar-refractivity contribution is 5.57. The van der Waals surface area contributed by atoms with Crippen molar-refractivity contribution in [3.05, 3.63) is 24.0 Å². The van der Waals surface area contributed by atoms with Gasteiger partial charge in [-0.25, -0.2) is 4.39 Å². The van der Waals surface area contributed by atoms with Gasteiger partial charge in [0.25, 0.3) is 0 Å². The molecular formula is C17H23FN6O. The van der Waals surface area contributed by atoms with Crippen LogP contribution in [0.3, 0.4) is 0 Å². The van der Waals surface area contributed by atoms with Gasteiger partial charge in [-0.05, 0) is 25.0 Å². The number of hydrogen-bond acceptors (Lipinski definition) is 7. The van der Waals surface area contributed by atoms with Gasteiger partial charge in [0.2, 0.25) is 17.8 Å². The van der Waals surface area contributed by atoms with Gasteiger partial charge in [0, 0.05) is 24.8 Å². The number of nitrogen functional groups attached to an aromatic ring is 1. The molecule has 0 bridgehead atoms. The van der Waals surface area contributed by atoms with Gasteiger partial charge in [0.1, 0.15) is 0 Å². The van der Waals surface area contributed by atoms with Crippen molar-refractivity contribution in [2.75, 3.05) is 30.1 Å². The Balaban J connectivity index is 1.80. The number of nitrogens with one attached hydrogen (secondary N) is 1. The Bertz CT molecular complexity index is 735. The zero-order valence-corrected chi connectivity index (χ0v) is 14.5. The van der Waals surface area contributed by atoms with Gasteiger partial charge >= 0.3 is 0 Å². The first kappa shape index (κ1) is 17.2. The van der Waals surface area contributed by atoms with Crippen LogP contribution in [0.25, 0.3) is 0 Å². The Morgan fingerprint density at radius 3 is 2.64 bits per heavy atom. The molecule has 1 saturated carbocycles. The lowest BCUT2D eigenvalue weighted by atomic mass is 9.95. The summed E-state index contributed by atoms with van der Waals surface area (Å²) < 4.78 is 18.7. The lowest BCUT2D eigenvalue weighted by Gasteiger charge is -2.31. The van der Waals surface area contributed by atoms with Crippen LogP contribution in [0.5, 0.6) is 5.75 Å². The Morgan fingerprint density at radius 2 is 1.96 bits per heavy atom. The van der Waals surface area contributed by atoms with Crippen molar-refractivity contribution in [3.8, 4) is 5.75 Å². The van der Waals surface area contributed by atoms with E-state index in [2.05, 4.69) is 25.2 Å². The topological polar surface area (TPSA) is 89.2 Å². The van der Waals surface area contributed by atoms with Crippen molar-refractivity contribution in [2.45, 2.75) is 38.1 Å². The summed E-state index contributed by atoms with van der Waals surface area (Å²) in [4.78, 5) is 14.8. The summed E-state index contributed by atoms with van der Waals surface area (Å²) in [7, 11) is 3.40. The van der Waals surface area contributed by atoms with Gasteiger partial charge in [0.05, 0.1) is 7.11 Å². The van der Waals surface area contributed by atoms with Crippen LogP contribution >= 0.6 is 0 Å². The molecule has 0 spiro atoms. The maximum Gasteiger partial charge on any atom is 0.233 e. The van der Waals surface area contributed by atoms with Crippen molar-refractivity contribution in [3.63, 3.8) is 0 Å². The number of nitrogens with two attached hydrogens (primary N) is 1. The molecule has 0 radical (unpaired) electrons. The molecule has 0 aliphatic heterocycles. The number of rotatable bonds is 5. The van der Waals surface area contributed by atoms with Crippen molar-refractivity contribution in [1.29, 1.82) is 0 Å². The van der Waals surface area contributed by atoms with Crippen molar-refractivity contribution >= 4 is 23.5 Å². The molecule has 8 heteroatoms. The third-order valence-electron chi connectivity index (χ3n) is 4.49.